The second-order valence-corrected chi connectivity index (χ2v) is 2.73. The molecule has 0 bridgehead atoms. The van der Waals surface area contributed by atoms with Crippen molar-refractivity contribution in [1.82, 2.24) is 0 Å². The van der Waals surface area contributed by atoms with Crippen LogP contribution >= 0.6 is 0 Å². The number of carbonyl (C=O) groups is 1. The zero-order valence-electron chi connectivity index (χ0n) is 6.54. The normalized spacial score (nSPS) is 19.5. The highest BCUT2D eigenvalue weighted by molar-refractivity contribution is 5.86. The fourth-order valence-electron chi connectivity index (χ4n) is 1.04. The minimum Gasteiger partial charge on any atom is -0.478 e. The predicted octanol–water partition coefficient (Wildman–Crippen LogP) is 1.05. The first-order chi connectivity index (χ1) is 5.24. The van der Waals surface area contributed by atoms with Crippen LogP contribution in [0, 0.1) is 5.92 Å². The van der Waals surface area contributed by atoms with Crippen LogP contribution in [0.15, 0.2) is 11.6 Å². The molecule has 0 spiro atoms. The fourth-order valence-corrected chi connectivity index (χ4v) is 1.04. The molecule has 0 atom stereocenters. The van der Waals surface area contributed by atoms with E-state index < -0.39 is 5.97 Å². The van der Waals surface area contributed by atoms with E-state index in [1.807, 2.05) is 0 Å². The third-order valence-corrected chi connectivity index (χ3v) is 1.84. The van der Waals surface area contributed by atoms with Gasteiger partial charge in [-0.2, -0.15) is 0 Å². The van der Waals surface area contributed by atoms with E-state index in [0.717, 1.165) is 0 Å². The summed E-state index contributed by atoms with van der Waals surface area (Å²) >= 11 is 0. The summed E-state index contributed by atoms with van der Waals surface area (Å²) in [7, 11) is 0. The van der Waals surface area contributed by atoms with Gasteiger partial charge in [-0.3, -0.25) is 0 Å². The minimum absolute atomic E-state index is 0.428. The maximum absolute atomic E-state index is 10.5. The van der Waals surface area contributed by atoms with Crippen molar-refractivity contribution < 1.29 is 14.6 Å². The Balaban J connectivity index is 2.37. The van der Waals surface area contributed by atoms with Gasteiger partial charge in [0.1, 0.15) is 0 Å². The van der Waals surface area contributed by atoms with Crippen molar-refractivity contribution in [3.63, 3.8) is 0 Å². The summed E-state index contributed by atoms with van der Waals surface area (Å²) in [6, 6.07) is 0. The number of rotatable bonds is 3. The van der Waals surface area contributed by atoms with Crippen molar-refractivity contribution in [2.24, 2.45) is 5.92 Å². The van der Waals surface area contributed by atoms with Crippen molar-refractivity contribution >= 4 is 5.97 Å². The van der Waals surface area contributed by atoms with Crippen molar-refractivity contribution in [3.05, 3.63) is 11.6 Å². The molecule has 0 aliphatic carbocycles. The standard InChI is InChI=1S/C8H12O3/c1-2-7(8(9)10)3-6-4-11-5-6/h2,6H,3-5H2,1H3,(H,9,10). The van der Waals surface area contributed by atoms with Gasteiger partial charge in [0.05, 0.1) is 13.2 Å². The Morgan fingerprint density at radius 1 is 1.73 bits per heavy atom. The molecular weight excluding hydrogens is 144 g/mol. The molecule has 0 saturated carbocycles. The number of carboxylic acid groups (broad SMARTS) is 1. The SMILES string of the molecule is CC=C(CC1COC1)C(=O)O. The number of ether oxygens (including phenoxy) is 1. The van der Waals surface area contributed by atoms with E-state index >= 15 is 0 Å². The molecular formula is C8H12O3. The molecule has 0 aromatic heterocycles. The second kappa shape index (κ2) is 3.53. The summed E-state index contributed by atoms with van der Waals surface area (Å²) in [5.41, 5.74) is 0.498. The third kappa shape index (κ3) is 2.05. The van der Waals surface area contributed by atoms with E-state index in [0.29, 0.717) is 31.1 Å². The first-order valence-electron chi connectivity index (χ1n) is 3.70. The fraction of sp³-hybridized carbons (Fsp3) is 0.625. The lowest BCUT2D eigenvalue weighted by Gasteiger charge is -2.25. The average molecular weight is 156 g/mol. The van der Waals surface area contributed by atoms with E-state index in [2.05, 4.69) is 0 Å². The molecule has 0 amide bonds. The van der Waals surface area contributed by atoms with E-state index in [-0.39, 0.29) is 0 Å². The molecule has 1 heterocycles. The molecule has 1 fully saturated rings. The molecule has 1 N–H and O–H groups in total. The number of aliphatic carboxylic acids is 1. The van der Waals surface area contributed by atoms with Crippen LogP contribution in [0.2, 0.25) is 0 Å². The van der Waals surface area contributed by atoms with Gasteiger partial charge >= 0.3 is 5.97 Å². The Hall–Kier alpha value is -0.830. The Bertz CT molecular complexity index is 180. The van der Waals surface area contributed by atoms with Crippen molar-refractivity contribution in [3.8, 4) is 0 Å². The van der Waals surface area contributed by atoms with Gasteiger partial charge < -0.3 is 9.84 Å². The van der Waals surface area contributed by atoms with Gasteiger partial charge in [0.25, 0.3) is 0 Å². The van der Waals surface area contributed by atoms with Crippen molar-refractivity contribution in [2.75, 3.05) is 13.2 Å². The Morgan fingerprint density at radius 3 is 2.64 bits per heavy atom. The predicted molar refractivity (Wildman–Crippen MR) is 40.3 cm³/mol. The minimum atomic E-state index is -0.806. The van der Waals surface area contributed by atoms with E-state index in [9.17, 15) is 4.79 Å². The summed E-state index contributed by atoms with van der Waals surface area (Å²) in [6.07, 6.45) is 2.30. The van der Waals surface area contributed by atoms with Crippen LogP contribution in [0.4, 0.5) is 0 Å². The van der Waals surface area contributed by atoms with Crippen molar-refractivity contribution in [2.45, 2.75) is 13.3 Å². The zero-order chi connectivity index (χ0) is 8.27. The van der Waals surface area contributed by atoms with Crippen LogP contribution < -0.4 is 0 Å². The number of allylic oxidation sites excluding steroid dienone is 1. The van der Waals surface area contributed by atoms with Crippen LogP contribution in [-0.4, -0.2) is 24.3 Å². The first-order valence-corrected chi connectivity index (χ1v) is 3.70. The number of carboxylic acids is 1. The lowest BCUT2D eigenvalue weighted by Crippen LogP contribution is -2.28. The summed E-state index contributed by atoms with van der Waals surface area (Å²) in [5, 5.41) is 8.63. The van der Waals surface area contributed by atoms with Gasteiger partial charge in [0, 0.05) is 11.5 Å². The Kier molecular flexibility index (Phi) is 2.65. The van der Waals surface area contributed by atoms with Gasteiger partial charge in [-0.15, -0.1) is 0 Å². The summed E-state index contributed by atoms with van der Waals surface area (Å²) < 4.78 is 4.94. The van der Waals surface area contributed by atoms with Gasteiger partial charge in [-0.1, -0.05) is 6.08 Å². The Labute approximate surface area is 65.7 Å². The van der Waals surface area contributed by atoms with Gasteiger partial charge in [0.15, 0.2) is 0 Å². The molecule has 1 rings (SSSR count). The molecule has 0 radical (unpaired) electrons. The first kappa shape index (κ1) is 8.27. The largest absolute Gasteiger partial charge is 0.478 e. The number of hydrogen-bond donors (Lipinski definition) is 1. The lowest BCUT2D eigenvalue weighted by molar-refractivity contribution is -0.133. The summed E-state index contributed by atoms with van der Waals surface area (Å²) in [4.78, 5) is 10.5. The smallest absolute Gasteiger partial charge is 0.331 e. The molecule has 1 saturated heterocycles. The number of hydrogen-bond acceptors (Lipinski definition) is 2. The van der Waals surface area contributed by atoms with E-state index in [1.54, 1.807) is 13.0 Å². The quantitative estimate of drug-likeness (QED) is 0.621. The molecule has 11 heavy (non-hydrogen) atoms. The van der Waals surface area contributed by atoms with E-state index in [4.69, 9.17) is 9.84 Å². The van der Waals surface area contributed by atoms with Crippen LogP contribution in [0.5, 0.6) is 0 Å². The highest BCUT2D eigenvalue weighted by atomic mass is 16.5. The van der Waals surface area contributed by atoms with Crippen molar-refractivity contribution in [1.29, 1.82) is 0 Å². The monoisotopic (exact) mass is 156 g/mol. The third-order valence-electron chi connectivity index (χ3n) is 1.84. The van der Waals surface area contributed by atoms with Gasteiger partial charge in [-0.25, -0.2) is 4.79 Å². The molecule has 0 unspecified atom stereocenters. The highest BCUT2D eigenvalue weighted by Crippen LogP contribution is 2.19. The summed E-state index contributed by atoms with van der Waals surface area (Å²) in [6.45, 7) is 3.18. The van der Waals surface area contributed by atoms with Gasteiger partial charge in [-0.05, 0) is 13.3 Å². The van der Waals surface area contributed by atoms with Gasteiger partial charge in [0.2, 0.25) is 0 Å². The molecule has 0 aromatic rings. The topological polar surface area (TPSA) is 46.5 Å². The Morgan fingerprint density at radius 2 is 2.36 bits per heavy atom. The van der Waals surface area contributed by atoms with Crippen LogP contribution in [0.25, 0.3) is 0 Å². The summed E-state index contributed by atoms with van der Waals surface area (Å²) in [5.74, 6) is -0.378. The molecule has 1 aliphatic rings. The molecule has 62 valence electrons. The van der Waals surface area contributed by atoms with Crippen LogP contribution in [-0.2, 0) is 9.53 Å². The average Bonchev–Trinajstić information content (AvgIpc) is 1.85. The molecule has 3 heteroatoms. The van der Waals surface area contributed by atoms with Crippen LogP contribution in [0.3, 0.4) is 0 Å². The maximum Gasteiger partial charge on any atom is 0.331 e. The molecule has 3 nitrogen and oxygen atoms in total. The maximum atomic E-state index is 10.5. The van der Waals surface area contributed by atoms with E-state index in [1.165, 1.54) is 0 Å². The lowest BCUT2D eigenvalue weighted by atomic mass is 9.98. The molecule has 1 aliphatic heterocycles. The van der Waals surface area contributed by atoms with Crippen LogP contribution in [0.1, 0.15) is 13.3 Å². The molecule has 0 aromatic carbocycles. The second-order valence-electron chi connectivity index (χ2n) is 2.73. The highest BCUT2D eigenvalue weighted by Gasteiger charge is 2.21. The zero-order valence-corrected chi connectivity index (χ0v) is 6.54.